The molecule has 5 rings (SSSR count). The summed E-state index contributed by atoms with van der Waals surface area (Å²) in [6.45, 7) is 0. The number of nitriles is 1. The largest absolute Gasteiger partial charge is 0.481 e. The maximum Gasteiger partial charge on any atom is 0.307 e. The smallest absolute Gasteiger partial charge is 0.307 e. The zero-order chi connectivity index (χ0) is 18.3. The van der Waals surface area contributed by atoms with E-state index in [-0.39, 0.29) is 17.7 Å². The van der Waals surface area contributed by atoms with E-state index in [0.717, 1.165) is 44.1 Å². The topological polar surface area (TPSA) is 90.2 Å². The Balaban J connectivity index is 1.62. The van der Waals surface area contributed by atoms with Crippen molar-refractivity contribution in [2.24, 2.45) is 23.7 Å². The number of carboxylic acids is 1. The van der Waals surface area contributed by atoms with Crippen molar-refractivity contribution in [3.05, 3.63) is 28.2 Å². The molecule has 0 unspecified atom stereocenters. The quantitative estimate of drug-likeness (QED) is 0.626. The number of thiophene rings is 1. The van der Waals surface area contributed by atoms with E-state index in [1.165, 1.54) is 22.6 Å². The van der Waals surface area contributed by atoms with Crippen molar-refractivity contribution in [1.82, 2.24) is 0 Å². The first-order valence-electron chi connectivity index (χ1n) is 9.36. The molecular weight excluding hydrogens is 348 g/mol. The van der Waals surface area contributed by atoms with Crippen LogP contribution in [0.4, 0.5) is 5.00 Å². The molecule has 1 aromatic rings. The molecular formula is C20H22N2O3S. The number of aryl methyl sites for hydroxylation is 1. The van der Waals surface area contributed by atoms with E-state index < -0.39 is 17.8 Å². The van der Waals surface area contributed by atoms with Gasteiger partial charge in [0.15, 0.2) is 0 Å². The Bertz CT molecular complexity index is 820. The number of amides is 1. The van der Waals surface area contributed by atoms with Crippen molar-refractivity contribution in [3.63, 3.8) is 0 Å². The molecule has 136 valence electrons. The number of anilines is 1. The number of nitrogens with zero attached hydrogens (tertiary/aromatic N) is 1. The monoisotopic (exact) mass is 370 g/mol. The molecule has 0 aromatic carbocycles. The van der Waals surface area contributed by atoms with Crippen LogP contribution >= 0.6 is 11.3 Å². The van der Waals surface area contributed by atoms with Crippen LogP contribution in [-0.2, 0) is 22.4 Å². The molecule has 0 aliphatic heterocycles. The lowest BCUT2D eigenvalue weighted by Gasteiger charge is -2.41. The van der Waals surface area contributed by atoms with Gasteiger partial charge in [-0.25, -0.2) is 0 Å². The summed E-state index contributed by atoms with van der Waals surface area (Å²) in [7, 11) is 0. The number of nitrogens with one attached hydrogen (secondary N) is 1. The van der Waals surface area contributed by atoms with Gasteiger partial charge in [0.2, 0.25) is 5.91 Å². The van der Waals surface area contributed by atoms with Gasteiger partial charge in [0.25, 0.3) is 0 Å². The zero-order valence-corrected chi connectivity index (χ0v) is 15.3. The van der Waals surface area contributed by atoms with Crippen LogP contribution < -0.4 is 5.32 Å². The summed E-state index contributed by atoms with van der Waals surface area (Å²) in [6.07, 6.45) is 10.9. The fraction of sp³-hybridized carbons (Fsp3) is 0.550. The third-order valence-corrected chi connectivity index (χ3v) is 7.31. The average Bonchev–Trinajstić information content (AvgIpc) is 2.81. The number of carboxylic acid groups (broad SMARTS) is 1. The molecule has 4 aliphatic rings. The lowest BCUT2D eigenvalue weighted by atomic mass is 9.62. The molecule has 1 amide bonds. The van der Waals surface area contributed by atoms with Gasteiger partial charge in [0.05, 0.1) is 17.4 Å². The second-order valence-electron chi connectivity index (χ2n) is 7.55. The number of hydrogen-bond donors (Lipinski definition) is 2. The lowest BCUT2D eigenvalue weighted by Crippen LogP contribution is -2.47. The summed E-state index contributed by atoms with van der Waals surface area (Å²) in [5.74, 6) is -2.45. The van der Waals surface area contributed by atoms with Gasteiger partial charge in [-0.15, -0.1) is 11.3 Å². The molecule has 26 heavy (non-hydrogen) atoms. The van der Waals surface area contributed by atoms with E-state index in [1.807, 2.05) is 12.2 Å². The van der Waals surface area contributed by atoms with E-state index in [9.17, 15) is 20.0 Å². The predicted molar refractivity (Wildman–Crippen MR) is 98.9 cm³/mol. The standard InChI is InChI=1S/C20H22N2O3S/c21-10-14-13-4-2-1-3-5-15(13)26-19(14)22-18(23)16-11-6-8-12(9-7-11)17(16)20(24)25/h6,8,11-12,16-17H,1-5,7,9H2,(H,22,23)(H,24,25)/t11-,12-,16-,17+/m0/s1. The minimum absolute atomic E-state index is 0.0237. The molecule has 4 aliphatic carbocycles. The van der Waals surface area contributed by atoms with Gasteiger partial charge in [-0.05, 0) is 55.9 Å². The van der Waals surface area contributed by atoms with Gasteiger partial charge >= 0.3 is 5.97 Å². The fourth-order valence-corrected chi connectivity index (χ4v) is 6.08. The molecule has 1 saturated carbocycles. The maximum atomic E-state index is 13.0. The minimum atomic E-state index is -0.897. The highest BCUT2D eigenvalue weighted by atomic mass is 32.1. The zero-order valence-electron chi connectivity index (χ0n) is 14.5. The first kappa shape index (κ1) is 17.3. The summed E-state index contributed by atoms with van der Waals surface area (Å²) in [4.78, 5) is 26.0. The van der Waals surface area contributed by atoms with Crippen LogP contribution in [0.15, 0.2) is 12.2 Å². The molecule has 1 aromatic heterocycles. The van der Waals surface area contributed by atoms with Gasteiger partial charge in [0.1, 0.15) is 11.1 Å². The van der Waals surface area contributed by atoms with E-state index >= 15 is 0 Å². The summed E-state index contributed by atoms with van der Waals surface area (Å²) in [6, 6.07) is 2.27. The third-order valence-electron chi connectivity index (χ3n) is 6.11. The summed E-state index contributed by atoms with van der Waals surface area (Å²) in [5, 5.41) is 22.8. The molecule has 5 nitrogen and oxygen atoms in total. The van der Waals surface area contributed by atoms with Crippen LogP contribution in [0.3, 0.4) is 0 Å². The summed E-state index contributed by atoms with van der Waals surface area (Å²) < 4.78 is 0. The van der Waals surface area contributed by atoms with Crippen molar-refractivity contribution in [3.8, 4) is 6.07 Å². The second kappa shape index (κ2) is 6.88. The van der Waals surface area contributed by atoms with Crippen LogP contribution in [0.5, 0.6) is 0 Å². The summed E-state index contributed by atoms with van der Waals surface area (Å²) in [5.41, 5.74) is 1.67. The van der Waals surface area contributed by atoms with Crippen molar-refractivity contribution < 1.29 is 14.7 Å². The van der Waals surface area contributed by atoms with Crippen molar-refractivity contribution in [2.75, 3.05) is 5.32 Å². The van der Waals surface area contributed by atoms with E-state index in [1.54, 1.807) is 0 Å². The van der Waals surface area contributed by atoms with Crippen LogP contribution in [0.1, 0.15) is 48.1 Å². The second-order valence-corrected chi connectivity index (χ2v) is 8.65. The van der Waals surface area contributed by atoms with Gasteiger partial charge in [-0.3, -0.25) is 9.59 Å². The SMILES string of the molecule is N#Cc1c(NC(=O)[C@@H]2[C@H](C(=O)O)[C@H]3C=C[C@H]2CC3)sc2c1CCCCC2. The first-order valence-corrected chi connectivity index (χ1v) is 10.2. The molecule has 1 heterocycles. The van der Waals surface area contributed by atoms with Crippen molar-refractivity contribution in [1.29, 1.82) is 5.26 Å². The Morgan fingerprint density at radius 3 is 2.46 bits per heavy atom. The third kappa shape index (κ3) is 2.84. The fourth-order valence-electron chi connectivity index (χ4n) is 4.83. The van der Waals surface area contributed by atoms with Crippen LogP contribution in [0.2, 0.25) is 0 Å². The number of fused-ring (bicyclic) bond motifs is 3. The molecule has 0 saturated heterocycles. The van der Waals surface area contributed by atoms with E-state index in [2.05, 4.69) is 11.4 Å². The number of carbonyl (C=O) groups excluding carboxylic acids is 1. The molecule has 2 N–H and O–H groups in total. The highest BCUT2D eigenvalue weighted by Crippen LogP contribution is 2.46. The van der Waals surface area contributed by atoms with Crippen molar-refractivity contribution >= 4 is 28.2 Å². The lowest BCUT2D eigenvalue weighted by molar-refractivity contribution is -0.151. The molecule has 1 fully saturated rings. The highest BCUT2D eigenvalue weighted by molar-refractivity contribution is 7.16. The van der Waals surface area contributed by atoms with Crippen LogP contribution in [0.25, 0.3) is 0 Å². The Morgan fingerprint density at radius 2 is 1.81 bits per heavy atom. The van der Waals surface area contributed by atoms with E-state index in [4.69, 9.17) is 0 Å². The van der Waals surface area contributed by atoms with Crippen LogP contribution in [-0.4, -0.2) is 17.0 Å². The number of rotatable bonds is 3. The van der Waals surface area contributed by atoms with E-state index in [0.29, 0.717) is 10.6 Å². The Hall–Kier alpha value is -2.13. The molecule has 6 heteroatoms. The number of aliphatic carboxylic acids is 1. The molecule has 2 bridgehead atoms. The number of hydrogen-bond acceptors (Lipinski definition) is 4. The normalized spacial score (nSPS) is 29.5. The Labute approximate surface area is 156 Å². The average molecular weight is 370 g/mol. The highest BCUT2D eigenvalue weighted by Gasteiger charge is 2.48. The predicted octanol–water partition coefficient (Wildman–Crippen LogP) is 3.74. The number of allylic oxidation sites excluding steroid dienone is 2. The Kier molecular flexibility index (Phi) is 4.58. The molecule has 4 atom stereocenters. The first-order chi connectivity index (χ1) is 12.6. The van der Waals surface area contributed by atoms with Gasteiger partial charge in [-0.2, -0.15) is 5.26 Å². The van der Waals surface area contributed by atoms with Gasteiger partial charge in [-0.1, -0.05) is 18.6 Å². The molecule has 0 spiro atoms. The maximum absolute atomic E-state index is 13.0. The van der Waals surface area contributed by atoms with Crippen molar-refractivity contribution in [2.45, 2.75) is 44.9 Å². The summed E-state index contributed by atoms with van der Waals surface area (Å²) >= 11 is 1.50. The van der Waals surface area contributed by atoms with Crippen LogP contribution in [0, 0.1) is 35.0 Å². The van der Waals surface area contributed by atoms with Gasteiger partial charge in [0, 0.05) is 4.88 Å². The number of carbonyl (C=O) groups is 2. The van der Waals surface area contributed by atoms with Gasteiger partial charge < -0.3 is 10.4 Å². The molecule has 0 radical (unpaired) electrons. The Morgan fingerprint density at radius 1 is 1.12 bits per heavy atom. The minimum Gasteiger partial charge on any atom is -0.481 e.